The van der Waals surface area contributed by atoms with Crippen LogP contribution in [0.3, 0.4) is 0 Å². The number of ether oxygens (including phenoxy) is 3. The quantitative estimate of drug-likeness (QED) is 0.187. The van der Waals surface area contributed by atoms with Gasteiger partial charge in [0.15, 0.2) is 5.75 Å². The van der Waals surface area contributed by atoms with Gasteiger partial charge in [-0.25, -0.2) is 0 Å². The molecule has 0 saturated carbocycles. The molecule has 0 atom stereocenters. The standard InChI is InChI=1S/C29H31ClN4O3/c1-19-10-9-13-24(20(19)2)33-34(32-22-14-16-23(35-3)17-15-22)25-18-26(36-4)27(30)28(29(25)37-5)31-21-11-7-6-8-12-21/h6-18,31-33H,1-5H3. The van der Waals surface area contributed by atoms with Crippen LogP contribution < -0.4 is 35.5 Å². The molecule has 0 radical (unpaired) electrons. The molecule has 7 nitrogen and oxygen atoms in total. The first-order valence-electron chi connectivity index (χ1n) is 11.8. The second-order valence-corrected chi connectivity index (χ2v) is 8.72. The first kappa shape index (κ1) is 25.9. The van der Waals surface area contributed by atoms with Crippen molar-refractivity contribution in [1.82, 2.24) is 0 Å². The van der Waals surface area contributed by atoms with Crippen LogP contribution in [0.4, 0.5) is 28.4 Å². The van der Waals surface area contributed by atoms with Gasteiger partial charge < -0.3 is 19.5 Å². The van der Waals surface area contributed by atoms with Crippen molar-refractivity contribution >= 4 is 40.0 Å². The number of benzene rings is 4. The van der Waals surface area contributed by atoms with Crippen molar-refractivity contribution < 1.29 is 14.2 Å². The Bertz CT molecular complexity index is 1350. The summed E-state index contributed by atoms with van der Waals surface area (Å²) in [5.74, 6) is 1.77. The first-order valence-corrected chi connectivity index (χ1v) is 12.1. The van der Waals surface area contributed by atoms with Crippen molar-refractivity contribution in [3.05, 3.63) is 95.0 Å². The Morgan fingerprint density at radius 3 is 2.11 bits per heavy atom. The highest BCUT2D eigenvalue weighted by Gasteiger charge is 2.24. The minimum absolute atomic E-state index is 0.406. The van der Waals surface area contributed by atoms with E-state index in [2.05, 4.69) is 36.1 Å². The van der Waals surface area contributed by atoms with E-state index in [0.29, 0.717) is 27.9 Å². The molecule has 0 unspecified atom stereocenters. The van der Waals surface area contributed by atoms with E-state index in [1.54, 1.807) is 26.4 Å². The summed E-state index contributed by atoms with van der Waals surface area (Å²) in [5, 5.41) is 5.58. The van der Waals surface area contributed by atoms with Crippen LogP contribution >= 0.6 is 11.6 Å². The van der Waals surface area contributed by atoms with E-state index in [1.807, 2.05) is 72.8 Å². The summed E-state index contributed by atoms with van der Waals surface area (Å²) in [4.78, 5) is 0. The molecule has 8 heteroatoms. The van der Waals surface area contributed by atoms with E-state index in [0.717, 1.165) is 28.4 Å². The Kier molecular flexibility index (Phi) is 8.15. The highest BCUT2D eigenvalue weighted by molar-refractivity contribution is 6.35. The van der Waals surface area contributed by atoms with Crippen molar-refractivity contribution in [3.8, 4) is 17.2 Å². The highest BCUT2D eigenvalue weighted by Crippen LogP contribution is 2.47. The number of aryl methyl sites for hydroxylation is 1. The minimum Gasteiger partial charge on any atom is -0.497 e. The maximum atomic E-state index is 6.78. The molecule has 0 spiro atoms. The Labute approximate surface area is 222 Å². The van der Waals surface area contributed by atoms with Crippen LogP contribution in [0.25, 0.3) is 0 Å². The SMILES string of the molecule is COc1ccc(NN(Nc2cccc(C)c2C)c2cc(OC)c(Cl)c(Nc3ccccc3)c2OC)cc1. The molecule has 4 aromatic rings. The number of nitrogens with zero attached hydrogens (tertiary/aromatic N) is 1. The highest BCUT2D eigenvalue weighted by atomic mass is 35.5. The van der Waals surface area contributed by atoms with E-state index in [-0.39, 0.29) is 0 Å². The lowest BCUT2D eigenvalue weighted by Gasteiger charge is -2.31. The second-order valence-electron chi connectivity index (χ2n) is 8.35. The summed E-state index contributed by atoms with van der Waals surface area (Å²) >= 11 is 6.78. The van der Waals surface area contributed by atoms with Crippen molar-refractivity contribution in [2.75, 3.05) is 42.6 Å². The van der Waals surface area contributed by atoms with E-state index in [4.69, 9.17) is 25.8 Å². The molecule has 0 aliphatic heterocycles. The summed E-state index contributed by atoms with van der Waals surface area (Å²) in [5.41, 5.74) is 13.1. The largest absolute Gasteiger partial charge is 0.497 e. The fraction of sp³-hybridized carbons (Fsp3) is 0.172. The minimum atomic E-state index is 0.406. The van der Waals surface area contributed by atoms with Crippen LogP contribution in [0.1, 0.15) is 11.1 Å². The number of hydrogen-bond acceptors (Lipinski definition) is 7. The molecule has 0 fully saturated rings. The van der Waals surface area contributed by atoms with Crippen LogP contribution in [0, 0.1) is 13.8 Å². The number of methoxy groups -OCH3 is 3. The van der Waals surface area contributed by atoms with E-state index in [9.17, 15) is 0 Å². The van der Waals surface area contributed by atoms with Crippen LogP contribution in [0.2, 0.25) is 5.02 Å². The molecule has 0 bridgehead atoms. The Hall–Kier alpha value is -4.23. The van der Waals surface area contributed by atoms with Crippen LogP contribution in [-0.2, 0) is 0 Å². The molecule has 0 aliphatic carbocycles. The molecule has 4 aromatic carbocycles. The van der Waals surface area contributed by atoms with Crippen LogP contribution in [-0.4, -0.2) is 21.3 Å². The lowest BCUT2D eigenvalue weighted by atomic mass is 10.1. The third-order valence-corrected chi connectivity index (χ3v) is 6.41. The maximum Gasteiger partial charge on any atom is 0.171 e. The van der Waals surface area contributed by atoms with Crippen molar-refractivity contribution in [3.63, 3.8) is 0 Å². The number of anilines is 5. The molecule has 0 aliphatic rings. The smallest absolute Gasteiger partial charge is 0.171 e. The molecule has 3 N–H and O–H groups in total. The molecular formula is C29H31ClN4O3. The molecule has 4 rings (SSSR count). The zero-order valence-electron chi connectivity index (χ0n) is 21.6. The average Bonchev–Trinajstić information content (AvgIpc) is 2.92. The predicted molar refractivity (Wildman–Crippen MR) is 153 cm³/mol. The maximum absolute atomic E-state index is 6.78. The molecule has 37 heavy (non-hydrogen) atoms. The van der Waals surface area contributed by atoms with E-state index < -0.39 is 0 Å². The van der Waals surface area contributed by atoms with Gasteiger partial charge >= 0.3 is 0 Å². The first-order chi connectivity index (χ1) is 17.9. The Morgan fingerprint density at radius 1 is 0.730 bits per heavy atom. The third-order valence-electron chi connectivity index (χ3n) is 6.04. The van der Waals surface area contributed by atoms with Crippen LogP contribution in [0.5, 0.6) is 17.2 Å². The Balaban J connectivity index is 1.85. The number of hydrogen-bond donors (Lipinski definition) is 3. The molecule has 0 saturated heterocycles. The topological polar surface area (TPSA) is 67.0 Å². The molecule has 0 amide bonds. The van der Waals surface area contributed by atoms with Gasteiger partial charge in [0.2, 0.25) is 0 Å². The molecule has 0 aromatic heterocycles. The summed E-state index contributed by atoms with van der Waals surface area (Å²) in [6.45, 7) is 4.15. The van der Waals surface area contributed by atoms with Crippen molar-refractivity contribution in [2.45, 2.75) is 13.8 Å². The number of halogens is 1. The fourth-order valence-corrected chi connectivity index (χ4v) is 4.10. The van der Waals surface area contributed by atoms with Gasteiger partial charge in [-0.05, 0) is 67.4 Å². The van der Waals surface area contributed by atoms with Gasteiger partial charge in [-0.15, -0.1) is 0 Å². The zero-order valence-corrected chi connectivity index (χ0v) is 22.3. The zero-order chi connectivity index (χ0) is 26.4. The normalized spacial score (nSPS) is 10.4. The van der Waals surface area contributed by atoms with Crippen molar-refractivity contribution in [1.29, 1.82) is 0 Å². The average molecular weight is 519 g/mol. The summed E-state index contributed by atoms with van der Waals surface area (Å²) < 4.78 is 16.9. The number of hydrazine groups is 2. The van der Waals surface area contributed by atoms with E-state index in [1.165, 1.54) is 5.56 Å². The molecule has 0 heterocycles. The summed E-state index contributed by atoms with van der Waals surface area (Å²) in [6, 6.07) is 25.3. The van der Waals surface area contributed by atoms with Crippen molar-refractivity contribution in [2.24, 2.45) is 0 Å². The lowest BCUT2D eigenvalue weighted by molar-refractivity contribution is 0.405. The van der Waals surface area contributed by atoms with E-state index >= 15 is 0 Å². The van der Waals surface area contributed by atoms with Gasteiger partial charge in [-0.1, -0.05) is 41.9 Å². The summed E-state index contributed by atoms with van der Waals surface area (Å²) in [7, 11) is 4.84. The number of para-hydroxylation sites is 1. The van der Waals surface area contributed by atoms with Gasteiger partial charge in [0.25, 0.3) is 0 Å². The van der Waals surface area contributed by atoms with Crippen LogP contribution in [0.15, 0.2) is 78.9 Å². The monoisotopic (exact) mass is 518 g/mol. The van der Waals surface area contributed by atoms with Gasteiger partial charge in [0.05, 0.1) is 32.7 Å². The molecule has 192 valence electrons. The van der Waals surface area contributed by atoms with Gasteiger partial charge in [0, 0.05) is 11.8 Å². The van der Waals surface area contributed by atoms with Gasteiger partial charge in [0.1, 0.15) is 27.9 Å². The predicted octanol–water partition coefficient (Wildman–Crippen LogP) is 7.59. The third kappa shape index (κ3) is 5.78. The number of rotatable bonds is 10. The molecular weight excluding hydrogens is 488 g/mol. The van der Waals surface area contributed by atoms with Gasteiger partial charge in [-0.3, -0.25) is 10.9 Å². The Morgan fingerprint density at radius 2 is 1.46 bits per heavy atom. The summed E-state index contributed by atoms with van der Waals surface area (Å²) in [6.07, 6.45) is 0. The van der Waals surface area contributed by atoms with Gasteiger partial charge in [-0.2, -0.15) is 5.12 Å². The lowest BCUT2D eigenvalue weighted by Crippen LogP contribution is -2.36. The fourth-order valence-electron chi connectivity index (χ4n) is 3.84. The second kappa shape index (κ2) is 11.7. The number of nitrogens with one attached hydrogen (secondary N) is 3.